The van der Waals surface area contributed by atoms with Crippen LogP contribution in [0.25, 0.3) is 0 Å². The Morgan fingerprint density at radius 1 is 1.19 bits per heavy atom. The maximum absolute atomic E-state index is 13.2. The maximum atomic E-state index is 13.2. The van der Waals surface area contributed by atoms with Crippen LogP contribution in [0.2, 0.25) is 10.0 Å². The molecule has 0 spiro atoms. The Balaban J connectivity index is 2.61. The number of nitrogens with one attached hydrogen (secondary N) is 1. The molecule has 0 aliphatic carbocycles. The first-order chi connectivity index (χ1) is 9.97. The van der Waals surface area contributed by atoms with Crippen molar-refractivity contribution in [3.63, 3.8) is 0 Å². The fourth-order valence-corrected chi connectivity index (χ4v) is 3.50. The lowest BCUT2D eigenvalue weighted by molar-refractivity contribution is 0.402. The summed E-state index contributed by atoms with van der Waals surface area (Å²) in [5, 5.41) is 4.06. The average molecular weight is 393 g/mol. The van der Waals surface area contributed by atoms with Crippen molar-refractivity contribution in [1.29, 1.82) is 0 Å². The molecule has 1 unspecified atom stereocenters. The molecule has 112 valence electrons. The topological polar surface area (TPSA) is 21.3 Å². The highest BCUT2D eigenvalue weighted by Crippen LogP contribution is 2.39. The van der Waals surface area contributed by atoms with Crippen LogP contribution in [0.15, 0.2) is 34.8 Å². The zero-order valence-electron chi connectivity index (χ0n) is 11.4. The lowest BCUT2D eigenvalue weighted by Gasteiger charge is -2.22. The molecule has 1 atom stereocenters. The Morgan fingerprint density at radius 3 is 2.48 bits per heavy atom. The van der Waals surface area contributed by atoms with E-state index < -0.39 is 0 Å². The summed E-state index contributed by atoms with van der Waals surface area (Å²) in [5.41, 5.74) is 1.56. The van der Waals surface area contributed by atoms with Crippen molar-refractivity contribution in [2.24, 2.45) is 0 Å². The van der Waals surface area contributed by atoms with Gasteiger partial charge in [-0.2, -0.15) is 0 Å². The van der Waals surface area contributed by atoms with E-state index in [0.29, 0.717) is 15.8 Å². The fraction of sp³-hybridized carbons (Fsp3) is 0.200. The van der Waals surface area contributed by atoms with E-state index in [1.54, 1.807) is 32.4 Å². The maximum Gasteiger partial charge on any atom is 0.138 e. The molecule has 21 heavy (non-hydrogen) atoms. The molecule has 6 heteroatoms. The summed E-state index contributed by atoms with van der Waals surface area (Å²) < 4.78 is 19.4. The van der Waals surface area contributed by atoms with E-state index in [1.165, 1.54) is 12.1 Å². The van der Waals surface area contributed by atoms with Crippen LogP contribution in [0.1, 0.15) is 17.2 Å². The summed E-state index contributed by atoms with van der Waals surface area (Å²) in [7, 11) is 3.37. The van der Waals surface area contributed by atoms with E-state index in [9.17, 15) is 4.39 Å². The molecule has 0 heterocycles. The minimum atomic E-state index is -0.377. The van der Waals surface area contributed by atoms with Crippen LogP contribution in [0.3, 0.4) is 0 Å². The van der Waals surface area contributed by atoms with Gasteiger partial charge in [0.2, 0.25) is 0 Å². The zero-order valence-corrected chi connectivity index (χ0v) is 14.5. The van der Waals surface area contributed by atoms with Gasteiger partial charge in [0, 0.05) is 15.6 Å². The molecule has 0 fully saturated rings. The van der Waals surface area contributed by atoms with Gasteiger partial charge in [-0.15, -0.1) is 0 Å². The van der Waals surface area contributed by atoms with Crippen LogP contribution < -0.4 is 10.1 Å². The van der Waals surface area contributed by atoms with Gasteiger partial charge in [0.1, 0.15) is 11.6 Å². The molecule has 0 aliphatic rings. The second-order valence-electron chi connectivity index (χ2n) is 4.40. The van der Waals surface area contributed by atoms with Crippen molar-refractivity contribution in [3.8, 4) is 5.75 Å². The van der Waals surface area contributed by atoms with Crippen LogP contribution in [-0.2, 0) is 0 Å². The molecular weight excluding hydrogens is 380 g/mol. The normalized spacial score (nSPS) is 12.3. The monoisotopic (exact) mass is 391 g/mol. The molecule has 0 saturated heterocycles. The SMILES string of the molecule is CNC(c1ccc(F)cc1Cl)c1cc(Cl)cc(Br)c1OC. The van der Waals surface area contributed by atoms with Gasteiger partial charge < -0.3 is 10.1 Å². The number of rotatable bonds is 4. The van der Waals surface area contributed by atoms with Crippen LogP contribution in [0.5, 0.6) is 5.75 Å². The molecule has 0 aromatic heterocycles. The van der Waals surface area contributed by atoms with E-state index >= 15 is 0 Å². The molecule has 0 bridgehead atoms. The molecule has 0 saturated carbocycles. The molecular formula is C15H13BrCl2FNO. The molecule has 2 nitrogen and oxygen atoms in total. The van der Waals surface area contributed by atoms with Crippen molar-refractivity contribution < 1.29 is 9.13 Å². The summed E-state index contributed by atoms with van der Waals surface area (Å²) >= 11 is 15.7. The summed E-state index contributed by atoms with van der Waals surface area (Å²) in [6.07, 6.45) is 0. The number of hydrogen-bond donors (Lipinski definition) is 1. The fourth-order valence-electron chi connectivity index (χ4n) is 2.22. The van der Waals surface area contributed by atoms with Crippen molar-refractivity contribution >= 4 is 39.1 Å². The van der Waals surface area contributed by atoms with Gasteiger partial charge in [-0.1, -0.05) is 29.3 Å². The van der Waals surface area contributed by atoms with Crippen molar-refractivity contribution in [1.82, 2.24) is 5.32 Å². The Bertz CT molecular complexity index is 666. The summed E-state index contributed by atoms with van der Waals surface area (Å²) in [5.74, 6) is 0.275. The predicted octanol–water partition coefficient (Wildman–Crippen LogP) is 5.21. The van der Waals surface area contributed by atoms with Crippen LogP contribution in [-0.4, -0.2) is 14.2 Å². The van der Waals surface area contributed by atoms with Crippen LogP contribution in [0.4, 0.5) is 4.39 Å². The minimum absolute atomic E-state index is 0.275. The third kappa shape index (κ3) is 3.51. The third-order valence-electron chi connectivity index (χ3n) is 3.11. The van der Waals surface area contributed by atoms with Gasteiger partial charge in [0.25, 0.3) is 0 Å². The molecule has 0 amide bonds. The van der Waals surface area contributed by atoms with Crippen molar-refractivity contribution in [2.45, 2.75) is 6.04 Å². The predicted molar refractivity (Wildman–Crippen MR) is 88.0 cm³/mol. The highest BCUT2D eigenvalue weighted by molar-refractivity contribution is 9.10. The van der Waals surface area contributed by atoms with Gasteiger partial charge in [0.15, 0.2) is 0 Å². The van der Waals surface area contributed by atoms with Gasteiger partial charge in [-0.05, 0) is 52.8 Å². The van der Waals surface area contributed by atoms with Crippen LogP contribution >= 0.6 is 39.1 Å². The molecule has 0 aliphatic heterocycles. The Kier molecular flexibility index (Phi) is 5.49. The van der Waals surface area contributed by atoms with Crippen LogP contribution in [0, 0.1) is 5.82 Å². The molecule has 2 aromatic carbocycles. The average Bonchev–Trinajstić information content (AvgIpc) is 2.41. The van der Waals surface area contributed by atoms with E-state index in [2.05, 4.69) is 21.2 Å². The van der Waals surface area contributed by atoms with Gasteiger partial charge in [-0.25, -0.2) is 4.39 Å². The highest BCUT2D eigenvalue weighted by atomic mass is 79.9. The highest BCUT2D eigenvalue weighted by Gasteiger charge is 2.21. The first-order valence-corrected chi connectivity index (χ1v) is 7.68. The molecule has 0 radical (unpaired) electrons. The summed E-state index contributed by atoms with van der Waals surface area (Å²) in [4.78, 5) is 0. The lowest BCUT2D eigenvalue weighted by Crippen LogP contribution is -2.19. The molecule has 2 aromatic rings. The second kappa shape index (κ2) is 6.97. The summed E-state index contributed by atoms with van der Waals surface area (Å²) in [6, 6.07) is 7.58. The number of hydrogen-bond acceptors (Lipinski definition) is 2. The first-order valence-electron chi connectivity index (χ1n) is 6.13. The van der Waals surface area contributed by atoms with Gasteiger partial charge in [-0.3, -0.25) is 0 Å². The number of methoxy groups -OCH3 is 1. The standard InChI is InChI=1S/C15H13BrCl2FNO/c1-20-14(10-4-3-9(19)7-13(10)18)11-5-8(17)6-12(16)15(11)21-2/h3-7,14,20H,1-2H3. The zero-order chi connectivity index (χ0) is 15.6. The number of benzene rings is 2. The van der Waals surface area contributed by atoms with Gasteiger partial charge in [0.05, 0.1) is 17.6 Å². The smallest absolute Gasteiger partial charge is 0.138 e. The van der Waals surface area contributed by atoms with E-state index in [1.807, 2.05) is 0 Å². The quantitative estimate of drug-likeness (QED) is 0.770. The number of halogens is 4. The Hall–Kier alpha value is -0.810. The van der Waals surface area contributed by atoms with E-state index in [-0.39, 0.29) is 11.9 Å². The lowest BCUT2D eigenvalue weighted by atomic mass is 9.97. The van der Waals surface area contributed by atoms with E-state index in [4.69, 9.17) is 27.9 Å². The largest absolute Gasteiger partial charge is 0.495 e. The summed E-state index contributed by atoms with van der Waals surface area (Å²) in [6.45, 7) is 0. The Labute approximate surface area is 141 Å². The number of ether oxygens (including phenoxy) is 1. The Morgan fingerprint density at radius 2 is 1.90 bits per heavy atom. The molecule has 2 rings (SSSR count). The van der Waals surface area contributed by atoms with Gasteiger partial charge >= 0.3 is 0 Å². The minimum Gasteiger partial charge on any atom is -0.495 e. The third-order valence-corrected chi connectivity index (χ3v) is 4.25. The van der Waals surface area contributed by atoms with E-state index in [0.717, 1.165) is 15.6 Å². The second-order valence-corrected chi connectivity index (χ2v) is 6.10. The van der Waals surface area contributed by atoms with Crippen molar-refractivity contribution in [2.75, 3.05) is 14.2 Å². The first kappa shape index (κ1) is 16.6. The molecule has 1 N–H and O–H groups in total. The van der Waals surface area contributed by atoms with Crippen molar-refractivity contribution in [3.05, 3.63) is 61.8 Å².